The van der Waals surface area contributed by atoms with Crippen LogP contribution in [0.3, 0.4) is 0 Å². The molecule has 2 amide bonds. The van der Waals surface area contributed by atoms with Crippen molar-refractivity contribution < 1.29 is 9.18 Å². The van der Waals surface area contributed by atoms with Gasteiger partial charge < -0.3 is 10.2 Å². The Hall–Kier alpha value is -1.33. The van der Waals surface area contributed by atoms with Crippen molar-refractivity contribution >= 4 is 17.6 Å². The molecule has 1 aliphatic heterocycles. The average molecular weight is 342 g/mol. The highest BCUT2D eigenvalue weighted by Crippen LogP contribution is 2.27. The molecule has 0 saturated carbocycles. The molecule has 0 unspecified atom stereocenters. The quantitative estimate of drug-likeness (QED) is 0.912. The minimum absolute atomic E-state index is 0.0761. The van der Waals surface area contributed by atoms with Gasteiger partial charge in [0, 0.05) is 50.4 Å². The Balaban J connectivity index is 2.07. The smallest absolute Gasteiger partial charge is 0.317 e. The normalized spacial score (nSPS) is 21.7. The molecule has 23 heavy (non-hydrogen) atoms. The molecule has 2 atom stereocenters. The molecule has 1 aromatic carbocycles. The van der Waals surface area contributed by atoms with Gasteiger partial charge in [-0.3, -0.25) is 4.90 Å². The Labute approximate surface area is 142 Å². The number of likely N-dealkylation sites (tertiary alicyclic amines) is 1. The summed E-state index contributed by atoms with van der Waals surface area (Å²) in [5.41, 5.74) is 0.597. The first-order valence-corrected chi connectivity index (χ1v) is 8.29. The van der Waals surface area contributed by atoms with Crippen LogP contribution in [0.5, 0.6) is 0 Å². The number of rotatable bonds is 4. The third-order valence-corrected chi connectivity index (χ3v) is 4.65. The number of urea groups is 1. The number of nitrogens with zero attached hydrogens (tertiary/aromatic N) is 2. The first-order chi connectivity index (χ1) is 10.8. The molecule has 4 nitrogen and oxygen atoms in total. The Morgan fingerprint density at radius 1 is 1.43 bits per heavy atom. The fourth-order valence-electron chi connectivity index (χ4n) is 3.06. The van der Waals surface area contributed by atoms with Gasteiger partial charge >= 0.3 is 6.03 Å². The van der Waals surface area contributed by atoms with Crippen molar-refractivity contribution in [3.8, 4) is 0 Å². The molecule has 0 bridgehead atoms. The summed E-state index contributed by atoms with van der Waals surface area (Å²) in [6.07, 6.45) is 0. The van der Waals surface area contributed by atoms with Crippen LogP contribution in [-0.4, -0.2) is 49.1 Å². The Morgan fingerprint density at radius 2 is 2.13 bits per heavy atom. The zero-order chi connectivity index (χ0) is 17.1. The maximum atomic E-state index is 13.9. The zero-order valence-electron chi connectivity index (χ0n) is 14.1. The van der Waals surface area contributed by atoms with Gasteiger partial charge in [-0.1, -0.05) is 25.4 Å². The van der Waals surface area contributed by atoms with Crippen LogP contribution in [0.4, 0.5) is 9.18 Å². The van der Waals surface area contributed by atoms with E-state index >= 15 is 0 Å². The number of halogens is 2. The van der Waals surface area contributed by atoms with E-state index in [1.165, 1.54) is 11.0 Å². The third kappa shape index (κ3) is 4.58. The van der Waals surface area contributed by atoms with Gasteiger partial charge in [-0.25, -0.2) is 9.18 Å². The summed E-state index contributed by atoms with van der Waals surface area (Å²) in [4.78, 5) is 15.7. The highest BCUT2D eigenvalue weighted by atomic mass is 35.5. The van der Waals surface area contributed by atoms with Crippen LogP contribution < -0.4 is 5.32 Å². The topological polar surface area (TPSA) is 35.6 Å². The van der Waals surface area contributed by atoms with Gasteiger partial charge in [0.05, 0.1) is 0 Å². The van der Waals surface area contributed by atoms with Crippen LogP contribution in [0.2, 0.25) is 5.02 Å². The second-order valence-electron chi connectivity index (χ2n) is 6.79. The highest BCUT2D eigenvalue weighted by molar-refractivity contribution is 6.30. The monoisotopic (exact) mass is 341 g/mol. The molecular formula is C17H25ClFN3O. The second-order valence-corrected chi connectivity index (χ2v) is 7.22. The highest BCUT2D eigenvalue weighted by Gasteiger charge is 2.36. The van der Waals surface area contributed by atoms with Crippen molar-refractivity contribution in [3.63, 3.8) is 0 Å². The Morgan fingerprint density at radius 3 is 2.74 bits per heavy atom. The van der Waals surface area contributed by atoms with Crippen molar-refractivity contribution in [2.75, 3.05) is 27.2 Å². The van der Waals surface area contributed by atoms with Gasteiger partial charge in [-0.15, -0.1) is 0 Å². The standard InChI is InChI=1S/C17H25ClFN3O/c1-11(2)14-9-22(10-16(14)20-17(23)21(3)4)8-12-7-13(18)5-6-15(12)19/h5-7,11,14,16H,8-10H2,1-4H3,(H,20,23)/t14-,16+/m0/s1. The van der Waals surface area contributed by atoms with E-state index in [9.17, 15) is 9.18 Å². The SMILES string of the molecule is CC(C)[C@@H]1CN(Cc2cc(Cl)ccc2F)C[C@H]1NC(=O)N(C)C. The first kappa shape index (κ1) is 18.0. The van der Waals surface area contributed by atoms with Gasteiger partial charge in [-0.2, -0.15) is 0 Å². The van der Waals surface area contributed by atoms with Crippen LogP contribution in [0.15, 0.2) is 18.2 Å². The van der Waals surface area contributed by atoms with Crippen molar-refractivity contribution in [2.24, 2.45) is 11.8 Å². The lowest BCUT2D eigenvalue weighted by Gasteiger charge is -2.24. The van der Waals surface area contributed by atoms with Crippen LogP contribution in [0, 0.1) is 17.7 Å². The fraction of sp³-hybridized carbons (Fsp3) is 0.588. The Bertz CT molecular complexity index is 565. The predicted molar refractivity (Wildman–Crippen MR) is 91.0 cm³/mol. The van der Waals surface area contributed by atoms with Crippen LogP contribution in [0.1, 0.15) is 19.4 Å². The van der Waals surface area contributed by atoms with E-state index in [-0.39, 0.29) is 17.9 Å². The van der Waals surface area contributed by atoms with Gasteiger partial charge in [0.1, 0.15) is 5.82 Å². The average Bonchev–Trinajstić information content (AvgIpc) is 2.85. The van der Waals surface area contributed by atoms with Crippen molar-refractivity contribution in [2.45, 2.75) is 26.4 Å². The minimum Gasteiger partial charge on any atom is -0.334 e. The zero-order valence-corrected chi connectivity index (χ0v) is 14.9. The van der Waals surface area contributed by atoms with Gasteiger partial charge in [0.25, 0.3) is 0 Å². The molecule has 0 spiro atoms. The van der Waals surface area contributed by atoms with E-state index in [4.69, 9.17) is 11.6 Å². The molecule has 128 valence electrons. The van der Waals surface area contributed by atoms with E-state index in [0.29, 0.717) is 35.5 Å². The van der Waals surface area contributed by atoms with Crippen LogP contribution in [-0.2, 0) is 6.54 Å². The number of benzene rings is 1. The summed E-state index contributed by atoms with van der Waals surface area (Å²) in [5.74, 6) is 0.550. The summed E-state index contributed by atoms with van der Waals surface area (Å²) in [5, 5.41) is 3.62. The number of carbonyl (C=O) groups is 1. The van der Waals surface area contributed by atoms with E-state index in [1.54, 1.807) is 26.2 Å². The molecule has 0 aromatic heterocycles. The summed E-state index contributed by atoms with van der Waals surface area (Å²) in [6.45, 7) is 6.37. The molecule has 0 radical (unpaired) electrons. The number of nitrogens with one attached hydrogen (secondary N) is 1. The van der Waals surface area contributed by atoms with Crippen molar-refractivity contribution in [1.29, 1.82) is 0 Å². The molecule has 1 saturated heterocycles. The number of hydrogen-bond donors (Lipinski definition) is 1. The number of hydrogen-bond acceptors (Lipinski definition) is 2. The summed E-state index contributed by atoms with van der Waals surface area (Å²) < 4.78 is 13.9. The van der Waals surface area contributed by atoms with Crippen LogP contribution >= 0.6 is 11.6 Å². The van der Waals surface area contributed by atoms with Gasteiger partial charge in [0.2, 0.25) is 0 Å². The first-order valence-electron chi connectivity index (χ1n) is 7.92. The van der Waals surface area contributed by atoms with E-state index in [2.05, 4.69) is 24.1 Å². The molecule has 1 aromatic rings. The van der Waals surface area contributed by atoms with Crippen molar-refractivity contribution in [3.05, 3.63) is 34.6 Å². The lowest BCUT2D eigenvalue weighted by molar-refractivity contribution is 0.207. The largest absolute Gasteiger partial charge is 0.334 e. The molecule has 0 aliphatic carbocycles. The molecule has 1 heterocycles. The molecule has 2 rings (SSSR count). The molecule has 6 heteroatoms. The number of amides is 2. The molecule has 1 fully saturated rings. The molecule has 1 aliphatic rings. The van der Waals surface area contributed by atoms with Gasteiger partial charge in [0.15, 0.2) is 0 Å². The van der Waals surface area contributed by atoms with Crippen LogP contribution in [0.25, 0.3) is 0 Å². The number of carbonyl (C=O) groups excluding carboxylic acids is 1. The lowest BCUT2D eigenvalue weighted by Crippen LogP contribution is -2.46. The van der Waals surface area contributed by atoms with E-state index < -0.39 is 0 Å². The lowest BCUT2D eigenvalue weighted by atomic mass is 9.91. The predicted octanol–water partition coefficient (Wildman–Crippen LogP) is 3.21. The summed E-state index contributed by atoms with van der Waals surface area (Å²) in [7, 11) is 3.46. The maximum Gasteiger partial charge on any atom is 0.317 e. The second kappa shape index (κ2) is 7.49. The summed E-state index contributed by atoms with van der Waals surface area (Å²) in [6, 6.07) is 4.62. The van der Waals surface area contributed by atoms with Crippen molar-refractivity contribution in [1.82, 2.24) is 15.1 Å². The Kier molecular flexibility index (Phi) is 5.87. The molecular weight excluding hydrogens is 317 g/mol. The molecule has 1 N–H and O–H groups in total. The minimum atomic E-state index is -0.240. The summed E-state index contributed by atoms with van der Waals surface area (Å²) >= 11 is 5.97. The van der Waals surface area contributed by atoms with E-state index in [0.717, 1.165) is 6.54 Å². The van der Waals surface area contributed by atoms with Gasteiger partial charge in [-0.05, 0) is 30.0 Å². The maximum absolute atomic E-state index is 13.9. The fourth-order valence-corrected chi connectivity index (χ4v) is 3.26. The third-order valence-electron chi connectivity index (χ3n) is 4.41. The van der Waals surface area contributed by atoms with E-state index in [1.807, 2.05) is 0 Å².